The second-order valence-electron chi connectivity index (χ2n) is 8.32. The van der Waals surface area contributed by atoms with Gasteiger partial charge in [-0.25, -0.2) is 4.98 Å². The lowest BCUT2D eigenvalue weighted by Gasteiger charge is -2.29. The Balaban J connectivity index is 1.36. The first-order chi connectivity index (χ1) is 16.5. The molecular formula is C25H30N4O5. The molecule has 1 aliphatic rings. The standard InChI is InChI=1S/C25H30N4O5/c1-15-5-10-23(26-14-15)34-18-8-6-17(7-9-18)27-25(30)20-13-19(28-29-20)16-11-21(31-2)24(33-4)22(12-16)32-3/h5,10-14,17-18H,6-9H2,1-4H3,(H,27,30)(H,28,29). The third-order valence-electron chi connectivity index (χ3n) is 5.96. The van der Waals surface area contributed by atoms with Crippen LogP contribution in [-0.2, 0) is 0 Å². The van der Waals surface area contributed by atoms with Crippen LogP contribution in [0, 0.1) is 6.92 Å². The van der Waals surface area contributed by atoms with Crippen molar-refractivity contribution in [2.24, 2.45) is 0 Å². The number of nitrogens with one attached hydrogen (secondary N) is 2. The Morgan fingerprint density at radius 2 is 1.71 bits per heavy atom. The van der Waals surface area contributed by atoms with Gasteiger partial charge in [-0.2, -0.15) is 5.10 Å². The molecule has 0 atom stereocenters. The number of aryl methyl sites for hydroxylation is 1. The van der Waals surface area contributed by atoms with E-state index < -0.39 is 0 Å². The summed E-state index contributed by atoms with van der Waals surface area (Å²) in [6.07, 6.45) is 5.33. The molecular weight excluding hydrogens is 436 g/mol. The molecule has 1 amide bonds. The van der Waals surface area contributed by atoms with Crippen LogP contribution in [0.1, 0.15) is 41.7 Å². The smallest absolute Gasteiger partial charge is 0.269 e. The average Bonchev–Trinajstić information content (AvgIpc) is 3.36. The number of aromatic nitrogens is 3. The lowest BCUT2D eigenvalue weighted by atomic mass is 9.93. The third-order valence-corrected chi connectivity index (χ3v) is 5.96. The van der Waals surface area contributed by atoms with E-state index in [4.69, 9.17) is 18.9 Å². The van der Waals surface area contributed by atoms with Gasteiger partial charge in [0.05, 0.1) is 27.0 Å². The maximum absolute atomic E-state index is 12.8. The van der Waals surface area contributed by atoms with Crippen molar-refractivity contribution < 1.29 is 23.7 Å². The molecule has 1 fully saturated rings. The van der Waals surface area contributed by atoms with E-state index in [2.05, 4.69) is 20.5 Å². The molecule has 0 spiro atoms. The van der Waals surface area contributed by atoms with Crippen LogP contribution in [0.25, 0.3) is 11.3 Å². The predicted octanol–water partition coefficient (Wildman–Crippen LogP) is 3.93. The summed E-state index contributed by atoms with van der Waals surface area (Å²) in [5, 5.41) is 10.2. The number of hydrogen-bond donors (Lipinski definition) is 2. The number of ether oxygens (including phenoxy) is 4. The largest absolute Gasteiger partial charge is 0.493 e. The van der Waals surface area contributed by atoms with E-state index in [0.29, 0.717) is 34.5 Å². The second kappa shape index (κ2) is 10.5. The SMILES string of the molecule is COc1cc(-c2cc(C(=O)NC3CCC(Oc4ccc(C)cn4)CC3)[nH]n2)cc(OC)c1OC. The van der Waals surface area contributed by atoms with Crippen LogP contribution < -0.4 is 24.3 Å². The van der Waals surface area contributed by atoms with Crippen LogP contribution in [0.15, 0.2) is 36.5 Å². The van der Waals surface area contributed by atoms with Crippen LogP contribution >= 0.6 is 0 Å². The van der Waals surface area contributed by atoms with Gasteiger partial charge in [0.2, 0.25) is 11.6 Å². The van der Waals surface area contributed by atoms with E-state index in [9.17, 15) is 4.79 Å². The normalized spacial score (nSPS) is 17.6. The Bertz CT molecular complexity index is 1100. The number of methoxy groups -OCH3 is 3. The molecule has 2 aromatic heterocycles. The predicted molar refractivity (Wildman–Crippen MR) is 127 cm³/mol. The highest BCUT2D eigenvalue weighted by molar-refractivity contribution is 5.93. The summed E-state index contributed by atoms with van der Waals surface area (Å²) in [6, 6.07) is 9.28. The number of carbonyl (C=O) groups excluding carboxylic acids is 1. The number of hydrogen-bond acceptors (Lipinski definition) is 7. The van der Waals surface area contributed by atoms with Crippen molar-refractivity contribution in [2.75, 3.05) is 21.3 Å². The molecule has 0 unspecified atom stereocenters. The van der Waals surface area contributed by atoms with Crippen LogP contribution in [0.5, 0.6) is 23.1 Å². The molecule has 9 heteroatoms. The first-order valence-corrected chi connectivity index (χ1v) is 11.3. The molecule has 1 aromatic carbocycles. The highest BCUT2D eigenvalue weighted by Gasteiger charge is 2.25. The molecule has 4 rings (SSSR count). The number of pyridine rings is 1. The van der Waals surface area contributed by atoms with E-state index in [1.54, 1.807) is 45.7 Å². The molecule has 0 radical (unpaired) electrons. The van der Waals surface area contributed by atoms with Crippen LogP contribution in [-0.4, -0.2) is 54.6 Å². The Morgan fingerprint density at radius 1 is 1.00 bits per heavy atom. The summed E-state index contributed by atoms with van der Waals surface area (Å²) in [6.45, 7) is 2.00. The summed E-state index contributed by atoms with van der Waals surface area (Å²) >= 11 is 0. The van der Waals surface area contributed by atoms with Gasteiger partial charge in [0, 0.05) is 23.9 Å². The molecule has 1 aliphatic carbocycles. The number of H-pyrrole nitrogens is 1. The molecule has 9 nitrogen and oxygen atoms in total. The molecule has 0 saturated heterocycles. The van der Waals surface area contributed by atoms with Crippen molar-refractivity contribution in [1.82, 2.24) is 20.5 Å². The molecule has 3 aromatic rings. The highest BCUT2D eigenvalue weighted by Crippen LogP contribution is 2.40. The monoisotopic (exact) mass is 466 g/mol. The fourth-order valence-electron chi connectivity index (χ4n) is 4.10. The van der Waals surface area contributed by atoms with E-state index >= 15 is 0 Å². The van der Waals surface area contributed by atoms with Crippen molar-refractivity contribution >= 4 is 5.91 Å². The van der Waals surface area contributed by atoms with E-state index in [1.807, 2.05) is 19.1 Å². The fourth-order valence-corrected chi connectivity index (χ4v) is 4.10. The van der Waals surface area contributed by atoms with Gasteiger partial charge < -0.3 is 24.3 Å². The van der Waals surface area contributed by atoms with Crippen molar-refractivity contribution in [3.63, 3.8) is 0 Å². The van der Waals surface area contributed by atoms with E-state index in [1.165, 1.54) is 0 Å². The average molecular weight is 467 g/mol. The highest BCUT2D eigenvalue weighted by atomic mass is 16.5. The molecule has 0 bridgehead atoms. The first kappa shape index (κ1) is 23.4. The first-order valence-electron chi connectivity index (χ1n) is 11.3. The van der Waals surface area contributed by atoms with Crippen LogP contribution in [0.4, 0.5) is 0 Å². The lowest BCUT2D eigenvalue weighted by Crippen LogP contribution is -2.39. The van der Waals surface area contributed by atoms with Gasteiger partial charge in [-0.3, -0.25) is 9.89 Å². The number of nitrogens with zero attached hydrogens (tertiary/aromatic N) is 2. The Kier molecular flexibility index (Phi) is 7.20. The Hall–Kier alpha value is -3.75. The van der Waals surface area contributed by atoms with E-state index in [-0.39, 0.29) is 18.1 Å². The lowest BCUT2D eigenvalue weighted by molar-refractivity contribution is 0.0885. The third kappa shape index (κ3) is 5.24. The summed E-state index contributed by atoms with van der Waals surface area (Å²) in [5.74, 6) is 2.00. The number of benzene rings is 1. The molecule has 2 N–H and O–H groups in total. The summed E-state index contributed by atoms with van der Waals surface area (Å²) in [7, 11) is 4.67. The summed E-state index contributed by atoms with van der Waals surface area (Å²) in [4.78, 5) is 17.1. The van der Waals surface area contributed by atoms with Gasteiger partial charge in [0.25, 0.3) is 5.91 Å². The number of carbonyl (C=O) groups is 1. The van der Waals surface area contributed by atoms with Gasteiger partial charge in [-0.05, 0) is 56.4 Å². The fraction of sp³-hybridized carbons (Fsp3) is 0.400. The number of aromatic amines is 1. The van der Waals surface area contributed by atoms with Crippen molar-refractivity contribution in [3.05, 3.63) is 47.8 Å². The second-order valence-corrected chi connectivity index (χ2v) is 8.32. The van der Waals surface area contributed by atoms with Gasteiger partial charge in [-0.1, -0.05) is 6.07 Å². The minimum atomic E-state index is -0.184. The Labute approximate surface area is 198 Å². The van der Waals surface area contributed by atoms with Gasteiger partial charge in [0.15, 0.2) is 11.5 Å². The maximum atomic E-state index is 12.8. The summed E-state index contributed by atoms with van der Waals surface area (Å²) < 4.78 is 22.2. The molecule has 180 valence electrons. The van der Waals surface area contributed by atoms with Gasteiger partial charge >= 0.3 is 0 Å². The zero-order chi connectivity index (χ0) is 24.1. The minimum absolute atomic E-state index is 0.0891. The number of rotatable bonds is 8. The van der Waals surface area contributed by atoms with Crippen molar-refractivity contribution in [1.29, 1.82) is 0 Å². The molecule has 1 saturated carbocycles. The van der Waals surface area contributed by atoms with Crippen LogP contribution in [0.2, 0.25) is 0 Å². The number of amides is 1. The van der Waals surface area contributed by atoms with E-state index in [0.717, 1.165) is 36.8 Å². The maximum Gasteiger partial charge on any atom is 0.269 e. The topological polar surface area (TPSA) is 108 Å². The van der Waals surface area contributed by atoms with Crippen molar-refractivity contribution in [2.45, 2.75) is 44.8 Å². The summed E-state index contributed by atoms with van der Waals surface area (Å²) in [5.41, 5.74) is 2.84. The molecule has 2 heterocycles. The van der Waals surface area contributed by atoms with Gasteiger partial charge in [0.1, 0.15) is 11.8 Å². The minimum Gasteiger partial charge on any atom is -0.493 e. The molecule has 0 aliphatic heterocycles. The zero-order valence-electron chi connectivity index (χ0n) is 19.9. The molecule has 34 heavy (non-hydrogen) atoms. The van der Waals surface area contributed by atoms with Gasteiger partial charge in [-0.15, -0.1) is 0 Å². The zero-order valence-corrected chi connectivity index (χ0v) is 19.9. The van der Waals surface area contributed by atoms with Crippen LogP contribution in [0.3, 0.4) is 0 Å². The van der Waals surface area contributed by atoms with Crippen molar-refractivity contribution in [3.8, 4) is 34.4 Å². The Morgan fingerprint density at radius 3 is 2.29 bits per heavy atom. The quantitative estimate of drug-likeness (QED) is 0.518.